The number of halogens is 4. The van der Waals surface area contributed by atoms with Crippen LogP contribution in [0.15, 0.2) is 0 Å². The van der Waals surface area contributed by atoms with Crippen molar-refractivity contribution in [3.8, 4) is 0 Å². The van der Waals surface area contributed by atoms with E-state index >= 15 is 0 Å². The van der Waals surface area contributed by atoms with Gasteiger partial charge in [-0.3, -0.25) is 19.2 Å². The number of ether oxygens (including phenoxy) is 2. The van der Waals surface area contributed by atoms with E-state index in [2.05, 4.69) is 63.7 Å². The second-order valence-corrected chi connectivity index (χ2v) is 10.9. The van der Waals surface area contributed by atoms with Crippen LogP contribution in [0, 0.1) is 0 Å². The van der Waals surface area contributed by atoms with Gasteiger partial charge >= 0.3 is 23.9 Å². The van der Waals surface area contributed by atoms with Crippen molar-refractivity contribution in [3.63, 3.8) is 0 Å². The van der Waals surface area contributed by atoms with E-state index < -0.39 is 55.4 Å². The van der Waals surface area contributed by atoms with Crippen LogP contribution in [0.25, 0.3) is 0 Å². The Balaban J connectivity index is 5.38. The molecule has 0 amide bonds. The number of hydrogen-bond acceptors (Lipinski definition) is 6. The summed E-state index contributed by atoms with van der Waals surface area (Å²) in [5, 5.41) is 18.6. The van der Waals surface area contributed by atoms with Crippen LogP contribution >= 0.6 is 63.7 Å². The number of hydrogen-bond donors (Lipinski definition) is 2. The lowest BCUT2D eigenvalue weighted by molar-refractivity contribution is -0.164. The van der Waals surface area contributed by atoms with Crippen LogP contribution in [0.4, 0.5) is 0 Å². The Morgan fingerprint density at radius 1 is 1.00 bits per heavy atom. The van der Waals surface area contributed by atoms with Gasteiger partial charge in [-0.25, -0.2) is 0 Å². The van der Waals surface area contributed by atoms with E-state index in [1.807, 2.05) is 0 Å². The van der Waals surface area contributed by atoms with E-state index in [9.17, 15) is 24.3 Å². The predicted molar refractivity (Wildman–Crippen MR) is 111 cm³/mol. The molecule has 0 aromatic carbocycles. The summed E-state index contributed by atoms with van der Waals surface area (Å²) in [6, 6.07) is 0. The first-order chi connectivity index (χ1) is 12.3. The largest absolute Gasteiger partial charge is 0.480 e. The zero-order chi connectivity index (χ0) is 21.4. The summed E-state index contributed by atoms with van der Waals surface area (Å²) in [6.07, 6.45) is -1.03. The fraction of sp³-hybridized carbons (Fsp3) is 0.733. The van der Waals surface area contributed by atoms with Crippen molar-refractivity contribution >= 4 is 87.6 Å². The van der Waals surface area contributed by atoms with E-state index in [1.165, 1.54) is 13.8 Å². The second-order valence-electron chi connectivity index (χ2n) is 5.65. The quantitative estimate of drug-likeness (QED) is 0.244. The predicted octanol–water partition coefficient (Wildman–Crippen LogP) is 3.24. The second kappa shape index (κ2) is 12.4. The molecule has 0 radical (unpaired) electrons. The third-order valence-corrected chi connectivity index (χ3v) is 6.26. The third kappa shape index (κ3) is 9.23. The normalized spacial score (nSPS) is 17.7. The highest BCUT2D eigenvalue weighted by Crippen LogP contribution is 2.33. The standard InChI is InChI=1S/C15H20Br4O8/c1-7(16)12(22)26-6-10(27-13(23)8(2)17)15(19,14(24)25)5-3-4-9(18)11(20)21/h7-10H,3-6H2,1-2H3,(H,20,21)(H,24,25). The van der Waals surface area contributed by atoms with Gasteiger partial charge in [0.05, 0.1) is 0 Å². The lowest BCUT2D eigenvalue weighted by atomic mass is 9.95. The Morgan fingerprint density at radius 2 is 1.52 bits per heavy atom. The summed E-state index contributed by atoms with van der Waals surface area (Å²) < 4.78 is 8.51. The van der Waals surface area contributed by atoms with Crippen molar-refractivity contribution in [2.75, 3.05) is 6.61 Å². The number of carboxylic acid groups (broad SMARTS) is 2. The molecule has 8 nitrogen and oxygen atoms in total. The highest BCUT2D eigenvalue weighted by atomic mass is 79.9. The summed E-state index contributed by atoms with van der Waals surface area (Å²) >= 11 is 12.2. The lowest BCUT2D eigenvalue weighted by Crippen LogP contribution is -2.50. The molecule has 0 heterocycles. The molecule has 5 unspecified atom stereocenters. The number of carbonyl (C=O) groups is 4. The number of carboxylic acids is 2. The number of esters is 2. The van der Waals surface area contributed by atoms with Gasteiger partial charge in [-0.15, -0.1) is 0 Å². The van der Waals surface area contributed by atoms with Gasteiger partial charge in [0, 0.05) is 0 Å². The van der Waals surface area contributed by atoms with Gasteiger partial charge in [0.1, 0.15) is 21.1 Å². The van der Waals surface area contributed by atoms with Crippen LogP contribution < -0.4 is 0 Å². The van der Waals surface area contributed by atoms with Gasteiger partial charge < -0.3 is 19.7 Å². The highest BCUT2D eigenvalue weighted by Gasteiger charge is 2.47. The maximum atomic E-state index is 12.0. The van der Waals surface area contributed by atoms with Crippen molar-refractivity contribution in [1.82, 2.24) is 0 Å². The van der Waals surface area contributed by atoms with Crippen molar-refractivity contribution in [2.45, 2.75) is 58.0 Å². The lowest BCUT2D eigenvalue weighted by Gasteiger charge is -2.32. The van der Waals surface area contributed by atoms with Gasteiger partial charge in [-0.2, -0.15) is 0 Å². The van der Waals surface area contributed by atoms with E-state index in [1.54, 1.807) is 0 Å². The molecule has 27 heavy (non-hydrogen) atoms. The summed E-state index contributed by atoms with van der Waals surface area (Å²) in [5.74, 6) is -3.76. The van der Waals surface area contributed by atoms with Crippen LogP contribution in [-0.2, 0) is 28.7 Å². The smallest absolute Gasteiger partial charge is 0.324 e. The summed E-state index contributed by atoms with van der Waals surface area (Å²) in [6.45, 7) is 2.56. The van der Waals surface area contributed by atoms with Gasteiger partial charge in [-0.1, -0.05) is 63.7 Å². The van der Waals surface area contributed by atoms with Gasteiger partial charge in [0.25, 0.3) is 0 Å². The first-order valence-corrected chi connectivity index (χ1v) is 11.3. The SMILES string of the molecule is CC(Br)C(=O)OCC(OC(=O)C(C)Br)C(Br)(CCCC(Br)C(=O)O)C(=O)O. The number of aliphatic carboxylic acids is 2. The first-order valence-electron chi connectivity index (χ1n) is 7.77. The molecule has 0 aromatic rings. The molecule has 0 aliphatic rings. The zero-order valence-corrected chi connectivity index (χ0v) is 20.8. The Hall–Kier alpha value is -0.200. The molecule has 0 aromatic heterocycles. The summed E-state index contributed by atoms with van der Waals surface area (Å²) in [5.41, 5.74) is 0. The average molecular weight is 648 g/mol. The molecule has 0 fully saturated rings. The van der Waals surface area contributed by atoms with E-state index in [0.717, 1.165) is 0 Å². The molecule has 0 rings (SSSR count). The molecule has 5 atom stereocenters. The Bertz CT molecular complexity index is 554. The fourth-order valence-electron chi connectivity index (χ4n) is 1.83. The summed E-state index contributed by atoms with van der Waals surface area (Å²) in [7, 11) is 0. The van der Waals surface area contributed by atoms with Gasteiger partial charge in [0.2, 0.25) is 0 Å². The molecule has 0 saturated heterocycles. The fourth-order valence-corrected chi connectivity index (χ4v) is 2.90. The highest BCUT2D eigenvalue weighted by molar-refractivity contribution is 9.10. The molecule has 0 saturated carbocycles. The minimum Gasteiger partial charge on any atom is -0.480 e. The Labute approximate surface area is 190 Å². The Kier molecular flexibility index (Phi) is 12.3. The maximum Gasteiger partial charge on any atom is 0.324 e. The molecule has 156 valence electrons. The molecule has 0 aliphatic heterocycles. The maximum absolute atomic E-state index is 12.0. The molecule has 0 aliphatic carbocycles. The van der Waals surface area contributed by atoms with Crippen molar-refractivity contribution in [2.24, 2.45) is 0 Å². The monoisotopic (exact) mass is 644 g/mol. The minimum absolute atomic E-state index is 0.0618. The Morgan fingerprint density at radius 3 is 1.93 bits per heavy atom. The van der Waals surface area contributed by atoms with Crippen molar-refractivity contribution in [3.05, 3.63) is 0 Å². The summed E-state index contributed by atoms with van der Waals surface area (Å²) in [4.78, 5) is 44.2. The molecule has 12 heteroatoms. The van der Waals surface area contributed by atoms with Crippen LogP contribution in [0.3, 0.4) is 0 Å². The van der Waals surface area contributed by atoms with Crippen LogP contribution in [0.5, 0.6) is 0 Å². The van der Waals surface area contributed by atoms with Gasteiger partial charge in [0.15, 0.2) is 10.4 Å². The molecular formula is C15H20Br4O8. The molecular weight excluding hydrogens is 628 g/mol. The first kappa shape index (κ1) is 26.8. The molecule has 2 N–H and O–H groups in total. The third-order valence-electron chi connectivity index (χ3n) is 3.42. The van der Waals surface area contributed by atoms with Crippen LogP contribution in [0.1, 0.15) is 33.1 Å². The van der Waals surface area contributed by atoms with E-state index in [4.69, 9.17) is 14.6 Å². The average Bonchev–Trinajstić information content (AvgIpc) is 2.56. The van der Waals surface area contributed by atoms with Crippen LogP contribution in [-0.4, -0.2) is 65.6 Å². The molecule has 0 bridgehead atoms. The zero-order valence-electron chi connectivity index (χ0n) is 14.5. The van der Waals surface area contributed by atoms with Crippen LogP contribution in [0.2, 0.25) is 0 Å². The topological polar surface area (TPSA) is 127 Å². The number of rotatable bonds is 12. The van der Waals surface area contributed by atoms with Crippen molar-refractivity contribution in [1.29, 1.82) is 0 Å². The van der Waals surface area contributed by atoms with Gasteiger partial charge in [-0.05, 0) is 33.1 Å². The number of carbonyl (C=O) groups excluding carboxylic acids is 2. The number of alkyl halides is 4. The van der Waals surface area contributed by atoms with Crippen molar-refractivity contribution < 1.29 is 38.9 Å². The van der Waals surface area contributed by atoms with E-state index in [0.29, 0.717) is 0 Å². The minimum atomic E-state index is -1.76. The van der Waals surface area contributed by atoms with E-state index in [-0.39, 0.29) is 19.3 Å². The molecule has 0 spiro atoms.